The molecular formula is C16H14FN3O2S. The van der Waals surface area contributed by atoms with Crippen molar-refractivity contribution in [1.82, 2.24) is 16.2 Å². The highest BCUT2D eigenvalue weighted by Gasteiger charge is 2.12. The van der Waals surface area contributed by atoms with Crippen LogP contribution in [-0.2, 0) is 0 Å². The van der Waals surface area contributed by atoms with Gasteiger partial charge in [0, 0.05) is 5.56 Å². The fourth-order valence-corrected chi connectivity index (χ4v) is 1.88. The molecule has 118 valence electrons. The number of hydrazine groups is 1. The summed E-state index contributed by atoms with van der Waals surface area (Å²) < 4.78 is 13.5. The molecule has 0 aliphatic heterocycles. The number of halogens is 1. The zero-order valence-corrected chi connectivity index (χ0v) is 13.0. The molecule has 0 saturated heterocycles. The van der Waals surface area contributed by atoms with Crippen LogP contribution in [0.15, 0.2) is 48.5 Å². The summed E-state index contributed by atoms with van der Waals surface area (Å²) in [7, 11) is 0. The van der Waals surface area contributed by atoms with Crippen LogP contribution in [0.5, 0.6) is 0 Å². The lowest BCUT2D eigenvalue weighted by Gasteiger charge is -2.11. The zero-order chi connectivity index (χ0) is 16.8. The maximum atomic E-state index is 13.5. The van der Waals surface area contributed by atoms with E-state index in [1.807, 2.05) is 6.92 Å². The van der Waals surface area contributed by atoms with E-state index in [0.29, 0.717) is 5.56 Å². The molecule has 7 heteroatoms. The molecule has 0 saturated carbocycles. The molecular weight excluding hydrogens is 317 g/mol. The molecule has 3 N–H and O–H groups in total. The summed E-state index contributed by atoms with van der Waals surface area (Å²) in [6.07, 6.45) is 0. The summed E-state index contributed by atoms with van der Waals surface area (Å²) >= 11 is 4.88. The van der Waals surface area contributed by atoms with Crippen molar-refractivity contribution in [1.29, 1.82) is 0 Å². The number of carbonyl (C=O) groups excluding carboxylic acids is 2. The number of carbonyl (C=O) groups is 2. The molecule has 2 amide bonds. The molecule has 0 bridgehead atoms. The number of hydrogen-bond acceptors (Lipinski definition) is 3. The summed E-state index contributed by atoms with van der Waals surface area (Å²) in [4.78, 5) is 23.7. The van der Waals surface area contributed by atoms with Crippen LogP contribution in [-0.4, -0.2) is 16.9 Å². The molecule has 0 aliphatic carbocycles. The molecule has 0 radical (unpaired) electrons. The van der Waals surface area contributed by atoms with Gasteiger partial charge in [-0.2, -0.15) is 0 Å². The molecule has 5 nitrogen and oxygen atoms in total. The molecule has 0 fully saturated rings. The predicted octanol–water partition coefficient (Wildman–Crippen LogP) is 2.08. The van der Waals surface area contributed by atoms with Crippen LogP contribution in [0.3, 0.4) is 0 Å². The maximum absolute atomic E-state index is 13.5. The minimum atomic E-state index is -0.704. The Balaban J connectivity index is 1.88. The second-order valence-electron chi connectivity index (χ2n) is 4.71. The lowest BCUT2D eigenvalue weighted by Crippen LogP contribution is -2.48. The SMILES string of the molecule is Cc1ccc(C(=O)NNC(=S)NC(=O)c2ccccc2F)cc1. The normalized spacial score (nSPS) is 9.83. The molecule has 0 aromatic heterocycles. The van der Waals surface area contributed by atoms with Crippen molar-refractivity contribution in [3.8, 4) is 0 Å². The Morgan fingerprint density at radius 2 is 1.61 bits per heavy atom. The average Bonchev–Trinajstić information content (AvgIpc) is 2.53. The highest BCUT2D eigenvalue weighted by atomic mass is 32.1. The Morgan fingerprint density at radius 1 is 0.957 bits per heavy atom. The Hall–Kier alpha value is -2.80. The third-order valence-corrected chi connectivity index (χ3v) is 3.15. The van der Waals surface area contributed by atoms with Crippen molar-refractivity contribution in [3.05, 3.63) is 71.0 Å². The first kappa shape index (κ1) is 16.6. The fourth-order valence-electron chi connectivity index (χ4n) is 1.74. The van der Waals surface area contributed by atoms with Gasteiger partial charge in [0.05, 0.1) is 5.56 Å². The van der Waals surface area contributed by atoms with E-state index >= 15 is 0 Å². The van der Waals surface area contributed by atoms with Gasteiger partial charge in [-0.05, 0) is 43.4 Å². The monoisotopic (exact) mass is 331 g/mol. The molecule has 0 heterocycles. The summed E-state index contributed by atoms with van der Waals surface area (Å²) in [5.74, 6) is -1.77. The average molecular weight is 331 g/mol. The summed E-state index contributed by atoms with van der Waals surface area (Å²) in [5, 5.41) is 2.14. The molecule has 0 spiro atoms. The third kappa shape index (κ3) is 4.58. The van der Waals surface area contributed by atoms with Crippen LogP contribution < -0.4 is 16.2 Å². The van der Waals surface area contributed by atoms with E-state index in [-0.39, 0.29) is 10.7 Å². The Labute approximate surface area is 137 Å². The maximum Gasteiger partial charge on any atom is 0.269 e. The number of rotatable bonds is 2. The first-order valence-electron chi connectivity index (χ1n) is 6.70. The largest absolute Gasteiger partial charge is 0.298 e. The van der Waals surface area contributed by atoms with Crippen LogP contribution in [0.2, 0.25) is 0 Å². The minimum Gasteiger partial charge on any atom is -0.298 e. The van der Waals surface area contributed by atoms with Crippen LogP contribution in [0.4, 0.5) is 4.39 Å². The second kappa shape index (κ2) is 7.46. The van der Waals surface area contributed by atoms with E-state index in [4.69, 9.17) is 12.2 Å². The van der Waals surface area contributed by atoms with Gasteiger partial charge in [0.15, 0.2) is 5.11 Å². The van der Waals surface area contributed by atoms with Crippen molar-refractivity contribution in [2.75, 3.05) is 0 Å². The van der Waals surface area contributed by atoms with E-state index in [0.717, 1.165) is 5.56 Å². The molecule has 2 rings (SSSR count). The van der Waals surface area contributed by atoms with E-state index in [1.165, 1.54) is 24.3 Å². The molecule has 2 aromatic carbocycles. The molecule has 23 heavy (non-hydrogen) atoms. The second-order valence-corrected chi connectivity index (χ2v) is 5.12. The van der Waals surface area contributed by atoms with Gasteiger partial charge in [-0.25, -0.2) is 4.39 Å². The minimum absolute atomic E-state index is 0.137. The van der Waals surface area contributed by atoms with Gasteiger partial charge in [-0.3, -0.25) is 25.8 Å². The van der Waals surface area contributed by atoms with Crippen LogP contribution >= 0.6 is 12.2 Å². The van der Waals surface area contributed by atoms with Crippen molar-refractivity contribution in [2.45, 2.75) is 6.92 Å². The van der Waals surface area contributed by atoms with Gasteiger partial charge in [-0.15, -0.1) is 0 Å². The quantitative estimate of drug-likeness (QED) is 0.582. The molecule has 0 atom stereocenters. The fraction of sp³-hybridized carbons (Fsp3) is 0.0625. The smallest absolute Gasteiger partial charge is 0.269 e. The number of amides is 2. The third-order valence-electron chi connectivity index (χ3n) is 2.95. The Morgan fingerprint density at radius 3 is 2.26 bits per heavy atom. The van der Waals surface area contributed by atoms with Crippen molar-refractivity contribution in [2.24, 2.45) is 0 Å². The number of hydrogen-bond donors (Lipinski definition) is 3. The number of nitrogens with one attached hydrogen (secondary N) is 3. The predicted molar refractivity (Wildman–Crippen MR) is 88.2 cm³/mol. The number of benzene rings is 2. The van der Waals surface area contributed by atoms with Crippen molar-refractivity contribution in [3.63, 3.8) is 0 Å². The lowest BCUT2D eigenvalue weighted by atomic mass is 10.1. The van der Waals surface area contributed by atoms with Crippen LogP contribution in [0, 0.1) is 12.7 Å². The van der Waals surface area contributed by atoms with Gasteiger partial charge >= 0.3 is 0 Å². The zero-order valence-electron chi connectivity index (χ0n) is 12.2. The van der Waals surface area contributed by atoms with Gasteiger partial charge in [0.25, 0.3) is 11.8 Å². The summed E-state index contributed by atoms with van der Waals surface area (Å²) in [6, 6.07) is 12.4. The summed E-state index contributed by atoms with van der Waals surface area (Å²) in [5.41, 5.74) is 6.07. The molecule has 0 unspecified atom stereocenters. The van der Waals surface area contributed by atoms with Gasteiger partial charge in [-0.1, -0.05) is 29.8 Å². The lowest BCUT2D eigenvalue weighted by molar-refractivity contribution is 0.0933. The van der Waals surface area contributed by atoms with E-state index in [1.54, 1.807) is 24.3 Å². The van der Waals surface area contributed by atoms with Gasteiger partial charge in [0.1, 0.15) is 5.82 Å². The number of thiocarbonyl (C=S) groups is 1. The van der Waals surface area contributed by atoms with Gasteiger partial charge < -0.3 is 0 Å². The Bertz CT molecular complexity index is 747. The Kier molecular flexibility index (Phi) is 5.37. The van der Waals surface area contributed by atoms with Crippen molar-refractivity contribution >= 4 is 29.1 Å². The van der Waals surface area contributed by atoms with E-state index in [2.05, 4.69) is 16.2 Å². The standard InChI is InChI=1S/C16H14FN3O2S/c1-10-6-8-11(9-7-10)14(21)19-20-16(23)18-15(22)12-4-2-3-5-13(12)17/h2-9H,1H3,(H,19,21)(H2,18,20,22,23). The van der Waals surface area contributed by atoms with Gasteiger partial charge in [0.2, 0.25) is 0 Å². The number of aryl methyl sites for hydroxylation is 1. The van der Waals surface area contributed by atoms with E-state index < -0.39 is 17.6 Å². The molecule has 0 aliphatic rings. The topological polar surface area (TPSA) is 70.2 Å². The van der Waals surface area contributed by atoms with Crippen LogP contribution in [0.25, 0.3) is 0 Å². The first-order valence-corrected chi connectivity index (χ1v) is 7.11. The highest BCUT2D eigenvalue weighted by molar-refractivity contribution is 7.80. The molecule has 2 aromatic rings. The van der Waals surface area contributed by atoms with E-state index in [9.17, 15) is 14.0 Å². The first-order chi connectivity index (χ1) is 11.0. The highest BCUT2D eigenvalue weighted by Crippen LogP contribution is 2.05. The van der Waals surface area contributed by atoms with Crippen LogP contribution in [0.1, 0.15) is 26.3 Å². The summed E-state index contributed by atoms with van der Waals surface area (Å²) in [6.45, 7) is 1.91. The van der Waals surface area contributed by atoms with Crippen molar-refractivity contribution < 1.29 is 14.0 Å².